The van der Waals surface area contributed by atoms with Crippen LogP contribution in [-0.2, 0) is 16.0 Å². The quantitative estimate of drug-likeness (QED) is 0.315. The Bertz CT molecular complexity index is 629. The van der Waals surface area contributed by atoms with Crippen LogP contribution in [0.15, 0.2) is 30.3 Å². The van der Waals surface area contributed by atoms with Crippen LogP contribution in [0.1, 0.15) is 46.1 Å². The van der Waals surface area contributed by atoms with Gasteiger partial charge in [-0.1, -0.05) is 51.6 Å². The zero-order valence-electron chi connectivity index (χ0n) is 17.0. The number of nitrogens with two attached hydrogens (primary N) is 1. The topological polar surface area (TPSA) is 134 Å². The summed E-state index contributed by atoms with van der Waals surface area (Å²) >= 11 is 0. The second kappa shape index (κ2) is 16.5. The number of carbonyl (C=O) groups excluding carboxylic acids is 2. The van der Waals surface area contributed by atoms with E-state index in [1.165, 1.54) is 0 Å². The first-order valence-corrected chi connectivity index (χ1v) is 9.65. The number of carboxylic acids is 1. The van der Waals surface area contributed by atoms with Crippen molar-refractivity contribution in [3.05, 3.63) is 35.9 Å². The summed E-state index contributed by atoms with van der Waals surface area (Å²) in [6.07, 6.45) is 1.86. The van der Waals surface area contributed by atoms with Gasteiger partial charge < -0.3 is 26.8 Å². The molecule has 0 aliphatic heterocycles. The number of urea groups is 1. The molecule has 0 aliphatic rings. The highest BCUT2D eigenvalue weighted by atomic mass is 35.5. The van der Waals surface area contributed by atoms with Crippen molar-refractivity contribution in [2.45, 2.75) is 59.0 Å². The second-order valence-corrected chi connectivity index (χ2v) is 7.17. The maximum Gasteiger partial charge on any atom is 0.326 e. The Morgan fingerprint density at radius 1 is 1.03 bits per heavy atom. The number of rotatable bonds is 12. The molecule has 0 aliphatic carbocycles. The second-order valence-electron chi connectivity index (χ2n) is 7.17. The van der Waals surface area contributed by atoms with Crippen LogP contribution in [0.5, 0.6) is 0 Å². The minimum atomic E-state index is -1.11. The normalized spacial score (nSPS) is 12.0. The van der Waals surface area contributed by atoms with Crippen molar-refractivity contribution in [1.29, 1.82) is 0 Å². The van der Waals surface area contributed by atoms with Gasteiger partial charge in [0.05, 0.1) is 0 Å². The molecule has 3 amide bonds. The molecule has 0 saturated carbocycles. The van der Waals surface area contributed by atoms with E-state index in [4.69, 9.17) is 5.73 Å². The summed E-state index contributed by atoms with van der Waals surface area (Å²) in [4.78, 5) is 36.2. The summed E-state index contributed by atoms with van der Waals surface area (Å²) in [6, 6.07) is 6.82. The van der Waals surface area contributed by atoms with Gasteiger partial charge in [-0.15, -0.1) is 12.4 Å². The van der Waals surface area contributed by atoms with E-state index in [2.05, 4.69) is 16.0 Å². The third-order valence-corrected chi connectivity index (χ3v) is 4.14. The molecule has 0 unspecified atom stereocenters. The lowest BCUT2D eigenvalue weighted by Gasteiger charge is -2.21. The fourth-order valence-corrected chi connectivity index (χ4v) is 2.60. The fourth-order valence-electron chi connectivity index (χ4n) is 2.60. The Kier molecular flexibility index (Phi) is 16.4. The van der Waals surface area contributed by atoms with Crippen molar-refractivity contribution in [1.82, 2.24) is 16.0 Å². The van der Waals surface area contributed by atoms with Gasteiger partial charge in [-0.25, -0.2) is 9.59 Å². The van der Waals surface area contributed by atoms with Crippen LogP contribution >= 0.6 is 12.4 Å². The maximum atomic E-state index is 12.5. The largest absolute Gasteiger partial charge is 0.480 e. The SMILES string of the molecule is C.CC(C)CNC(=O)[C@@H](Cc1ccccc1)NC(=O)N[C@@H](CCCCN)C(=O)O.Cl. The number of nitrogens with one attached hydrogen (secondary N) is 3. The molecule has 1 rings (SSSR count). The maximum absolute atomic E-state index is 12.5. The lowest BCUT2D eigenvalue weighted by Crippen LogP contribution is -2.54. The number of carbonyl (C=O) groups is 3. The van der Waals surface area contributed by atoms with Gasteiger partial charge in [-0.2, -0.15) is 0 Å². The molecule has 30 heavy (non-hydrogen) atoms. The Labute approximate surface area is 185 Å². The first kappa shape index (κ1) is 29.9. The Hall–Kier alpha value is -2.32. The molecule has 0 fully saturated rings. The molecule has 6 N–H and O–H groups in total. The van der Waals surface area contributed by atoms with Crippen LogP contribution in [-0.4, -0.2) is 48.2 Å². The summed E-state index contributed by atoms with van der Waals surface area (Å²) in [5.74, 6) is -1.15. The number of unbranched alkanes of at least 4 members (excludes halogenated alkanes) is 1. The Morgan fingerprint density at radius 3 is 2.17 bits per heavy atom. The average Bonchev–Trinajstić information content (AvgIpc) is 2.65. The number of carboxylic acid groups (broad SMARTS) is 1. The highest BCUT2D eigenvalue weighted by Gasteiger charge is 2.24. The zero-order chi connectivity index (χ0) is 20.9. The van der Waals surface area contributed by atoms with Crippen molar-refractivity contribution in [2.75, 3.05) is 13.1 Å². The number of benzene rings is 1. The molecular formula is C21H37ClN4O4. The minimum absolute atomic E-state index is 0. The summed E-state index contributed by atoms with van der Waals surface area (Å²) in [5, 5.41) is 17.2. The van der Waals surface area contributed by atoms with Crippen molar-refractivity contribution >= 4 is 30.3 Å². The monoisotopic (exact) mass is 444 g/mol. The van der Waals surface area contributed by atoms with Crippen LogP contribution in [0.3, 0.4) is 0 Å². The zero-order valence-corrected chi connectivity index (χ0v) is 17.8. The molecule has 0 spiro atoms. The van der Waals surface area contributed by atoms with Gasteiger partial charge in [0, 0.05) is 13.0 Å². The predicted octanol–water partition coefficient (Wildman–Crippen LogP) is 2.31. The first-order chi connectivity index (χ1) is 13.3. The molecule has 9 heteroatoms. The highest BCUT2D eigenvalue weighted by Crippen LogP contribution is 2.05. The summed E-state index contributed by atoms with van der Waals surface area (Å²) in [7, 11) is 0. The molecule has 0 heterocycles. The molecule has 2 atom stereocenters. The van der Waals surface area contributed by atoms with Gasteiger partial charge in [0.15, 0.2) is 0 Å². The molecule has 1 aromatic rings. The number of hydrogen-bond acceptors (Lipinski definition) is 4. The number of halogens is 1. The van der Waals surface area contributed by atoms with E-state index >= 15 is 0 Å². The van der Waals surface area contributed by atoms with E-state index in [1.807, 2.05) is 44.2 Å². The van der Waals surface area contributed by atoms with Crippen molar-refractivity contribution in [3.8, 4) is 0 Å². The third kappa shape index (κ3) is 12.3. The van der Waals surface area contributed by atoms with Crippen LogP contribution < -0.4 is 21.7 Å². The van der Waals surface area contributed by atoms with Crippen molar-refractivity contribution in [2.24, 2.45) is 11.7 Å². The Balaban J connectivity index is 0. The van der Waals surface area contributed by atoms with E-state index in [0.29, 0.717) is 32.4 Å². The van der Waals surface area contributed by atoms with E-state index in [0.717, 1.165) is 5.56 Å². The van der Waals surface area contributed by atoms with Crippen LogP contribution in [0.4, 0.5) is 4.79 Å². The van der Waals surface area contributed by atoms with E-state index in [1.54, 1.807) is 0 Å². The predicted molar refractivity (Wildman–Crippen MR) is 122 cm³/mol. The molecule has 0 radical (unpaired) electrons. The molecule has 8 nitrogen and oxygen atoms in total. The van der Waals surface area contributed by atoms with Crippen LogP contribution in [0, 0.1) is 5.92 Å². The minimum Gasteiger partial charge on any atom is -0.480 e. The average molecular weight is 445 g/mol. The number of amides is 3. The summed E-state index contributed by atoms with van der Waals surface area (Å²) < 4.78 is 0. The summed E-state index contributed by atoms with van der Waals surface area (Å²) in [6.45, 7) is 4.91. The first-order valence-electron chi connectivity index (χ1n) is 9.65. The highest BCUT2D eigenvalue weighted by molar-refractivity contribution is 5.89. The fraction of sp³-hybridized carbons (Fsp3) is 0.571. The van der Waals surface area contributed by atoms with Crippen LogP contribution in [0.25, 0.3) is 0 Å². The summed E-state index contributed by atoms with van der Waals surface area (Å²) in [5.41, 5.74) is 6.32. The van der Waals surface area contributed by atoms with Gasteiger partial charge >= 0.3 is 12.0 Å². The van der Waals surface area contributed by atoms with Gasteiger partial charge in [0.1, 0.15) is 12.1 Å². The molecule has 0 saturated heterocycles. The van der Waals surface area contributed by atoms with Gasteiger partial charge in [-0.3, -0.25) is 4.79 Å². The smallest absolute Gasteiger partial charge is 0.326 e. The Morgan fingerprint density at radius 2 is 1.63 bits per heavy atom. The standard InChI is InChI=1S/C20H32N4O4.CH4.ClH/c1-14(2)13-22-18(25)17(12-15-8-4-3-5-9-15)24-20(28)23-16(19(26)27)10-6-7-11-21;;/h3-5,8-9,14,16-17H,6-7,10-13,21H2,1-2H3,(H,22,25)(H,26,27)(H2,23,24,28);1H4;1H/t16-,17+;;/m0../s1. The molecule has 172 valence electrons. The lowest BCUT2D eigenvalue weighted by atomic mass is 10.0. The van der Waals surface area contributed by atoms with Crippen LogP contribution in [0.2, 0.25) is 0 Å². The molecule has 0 bridgehead atoms. The van der Waals surface area contributed by atoms with Gasteiger partial charge in [0.2, 0.25) is 5.91 Å². The number of hydrogen-bond donors (Lipinski definition) is 5. The number of aliphatic carboxylic acids is 1. The lowest BCUT2D eigenvalue weighted by molar-refractivity contribution is -0.139. The molecule has 0 aromatic heterocycles. The van der Waals surface area contributed by atoms with Gasteiger partial charge in [0.25, 0.3) is 0 Å². The third-order valence-electron chi connectivity index (χ3n) is 4.14. The molecular weight excluding hydrogens is 408 g/mol. The van der Waals surface area contributed by atoms with E-state index in [9.17, 15) is 19.5 Å². The molecule has 1 aromatic carbocycles. The van der Waals surface area contributed by atoms with Crippen molar-refractivity contribution in [3.63, 3.8) is 0 Å². The van der Waals surface area contributed by atoms with Crippen molar-refractivity contribution < 1.29 is 19.5 Å². The van der Waals surface area contributed by atoms with E-state index in [-0.39, 0.29) is 38.1 Å². The van der Waals surface area contributed by atoms with Gasteiger partial charge in [-0.05, 0) is 37.3 Å². The van der Waals surface area contributed by atoms with E-state index < -0.39 is 24.1 Å².